The van der Waals surface area contributed by atoms with Crippen LogP contribution in [0.4, 0.5) is 5.00 Å². The zero-order chi connectivity index (χ0) is 10.3. The number of fused-ring (bicyclic) bond motifs is 1. The van der Waals surface area contributed by atoms with Crippen molar-refractivity contribution in [3.8, 4) is 0 Å². The largest absolute Gasteiger partial charge is 0.303 e. The van der Waals surface area contributed by atoms with Crippen LogP contribution in [0.3, 0.4) is 0 Å². The van der Waals surface area contributed by atoms with E-state index < -0.39 is 0 Å². The predicted molar refractivity (Wildman–Crippen MR) is 63.4 cm³/mol. The lowest BCUT2D eigenvalue weighted by Gasteiger charge is -2.12. The van der Waals surface area contributed by atoms with Gasteiger partial charge in [-0.05, 0) is 30.4 Å². The van der Waals surface area contributed by atoms with Gasteiger partial charge in [-0.1, -0.05) is 18.2 Å². The van der Waals surface area contributed by atoms with Crippen LogP contribution in [0.15, 0.2) is 30.3 Å². The predicted octanol–water partition coefficient (Wildman–Crippen LogP) is 3.03. The van der Waals surface area contributed by atoms with E-state index in [0.717, 1.165) is 24.3 Å². The summed E-state index contributed by atoms with van der Waals surface area (Å²) in [6.07, 6.45) is 3.25. The van der Waals surface area contributed by atoms with Gasteiger partial charge >= 0.3 is 0 Å². The van der Waals surface area contributed by atoms with Crippen LogP contribution in [0.1, 0.15) is 12.8 Å². The third kappa shape index (κ3) is 1.53. The fourth-order valence-electron chi connectivity index (χ4n) is 1.77. The van der Waals surface area contributed by atoms with Crippen molar-refractivity contribution in [3.05, 3.63) is 30.3 Å². The monoisotopic (exact) mass is 217 g/mol. The lowest BCUT2D eigenvalue weighted by Crippen LogP contribution is -2.21. The molecule has 0 aliphatic heterocycles. The van der Waals surface area contributed by atoms with Gasteiger partial charge in [0.05, 0.1) is 5.00 Å². The average Bonchev–Trinajstić information content (AvgIpc) is 2.99. The Morgan fingerprint density at radius 1 is 1.33 bits per heavy atom. The number of anilines is 1. The van der Waals surface area contributed by atoms with Crippen LogP contribution >= 0.6 is 11.3 Å². The molecule has 1 fully saturated rings. The molecule has 1 aliphatic carbocycles. The van der Waals surface area contributed by atoms with Crippen LogP contribution in [0.25, 0.3) is 10.1 Å². The molecular weight excluding hydrogens is 206 g/mol. The molecule has 0 unspecified atom stereocenters. The molecule has 2 nitrogen and oxygen atoms in total. The van der Waals surface area contributed by atoms with Crippen molar-refractivity contribution in [1.82, 2.24) is 0 Å². The average molecular weight is 217 g/mol. The molecule has 0 bridgehead atoms. The summed E-state index contributed by atoms with van der Waals surface area (Å²) in [5.74, 6) is 0. The molecule has 1 saturated carbocycles. The highest BCUT2D eigenvalue weighted by Gasteiger charge is 2.29. The Hall–Kier alpha value is -1.35. The van der Waals surface area contributed by atoms with Gasteiger partial charge in [0, 0.05) is 10.7 Å². The second-order valence-corrected chi connectivity index (χ2v) is 4.93. The van der Waals surface area contributed by atoms with Gasteiger partial charge in [0.15, 0.2) is 0 Å². The lowest BCUT2D eigenvalue weighted by molar-refractivity contribution is -0.107. The first-order valence-electron chi connectivity index (χ1n) is 5.11. The van der Waals surface area contributed by atoms with E-state index in [4.69, 9.17) is 0 Å². The van der Waals surface area contributed by atoms with E-state index in [1.165, 1.54) is 10.1 Å². The highest BCUT2D eigenvalue weighted by molar-refractivity contribution is 7.23. The van der Waals surface area contributed by atoms with E-state index >= 15 is 0 Å². The van der Waals surface area contributed by atoms with Gasteiger partial charge in [-0.15, -0.1) is 11.3 Å². The van der Waals surface area contributed by atoms with Crippen molar-refractivity contribution < 1.29 is 4.79 Å². The fourth-order valence-corrected chi connectivity index (χ4v) is 2.87. The lowest BCUT2D eigenvalue weighted by atomic mass is 10.3. The van der Waals surface area contributed by atoms with Crippen LogP contribution in [-0.2, 0) is 4.79 Å². The van der Waals surface area contributed by atoms with E-state index in [9.17, 15) is 4.79 Å². The van der Waals surface area contributed by atoms with Gasteiger partial charge < -0.3 is 4.90 Å². The second-order valence-electron chi connectivity index (χ2n) is 3.87. The number of thiophene rings is 1. The Kier molecular flexibility index (Phi) is 1.99. The summed E-state index contributed by atoms with van der Waals surface area (Å²) in [6.45, 7) is 0. The minimum Gasteiger partial charge on any atom is -0.303 e. The first-order chi connectivity index (χ1) is 7.38. The number of hydrogen-bond acceptors (Lipinski definition) is 2. The summed E-state index contributed by atoms with van der Waals surface area (Å²) >= 11 is 1.69. The molecule has 2 aromatic rings. The topological polar surface area (TPSA) is 20.3 Å². The third-order valence-corrected chi connectivity index (χ3v) is 3.85. The number of rotatable bonds is 3. The van der Waals surface area contributed by atoms with Crippen LogP contribution in [-0.4, -0.2) is 12.5 Å². The molecule has 76 valence electrons. The summed E-state index contributed by atoms with van der Waals surface area (Å²) in [7, 11) is 0. The summed E-state index contributed by atoms with van der Waals surface area (Å²) in [6, 6.07) is 10.8. The first-order valence-corrected chi connectivity index (χ1v) is 5.92. The number of amides is 1. The number of carbonyl (C=O) groups is 1. The van der Waals surface area contributed by atoms with Crippen LogP contribution in [0, 0.1) is 0 Å². The molecule has 0 saturated heterocycles. The Bertz CT molecular complexity index is 468. The molecule has 0 spiro atoms. The molecule has 15 heavy (non-hydrogen) atoms. The van der Waals surface area contributed by atoms with Crippen LogP contribution < -0.4 is 4.90 Å². The molecular formula is C12H11NOS. The normalized spacial score (nSPS) is 15.5. The highest BCUT2D eigenvalue weighted by atomic mass is 32.1. The minimum atomic E-state index is 0.454. The van der Waals surface area contributed by atoms with Gasteiger partial charge in [-0.3, -0.25) is 4.79 Å². The van der Waals surface area contributed by atoms with Gasteiger partial charge in [0.25, 0.3) is 0 Å². The van der Waals surface area contributed by atoms with Crippen molar-refractivity contribution in [2.45, 2.75) is 18.9 Å². The second kappa shape index (κ2) is 3.35. The molecule has 1 amide bonds. The Labute approximate surface area is 92.1 Å². The van der Waals surface area contributed by atoms with Crippen LogP contribution in [0.2, 0.25) is 0 Å². The van der Waals surface area contributed by atoms with E-state index in [-0.39, 0.29) is 0 Å². The molecule has 3 heteroatoms. The highest BCUT2D eigenvalue weighted by Crippen LogP contribution is 2.37. The Morgan fingerprint density at radius 3 is 2.80 bits per heavy atom. The maximum absolute atomic E-state index is 11.0. The summed E-state index contributed by atoms with van der Waals surface area (Å²) < 4.78 is 1.25. The summed E-state index contributed by atoms with van der Waals surface area (Å²) in [5, 5.41) is 2.30. The van der Waals surface area contributed by atoms with Gasteiger partial charge in [-0.2, -0.15) is 0 Å². The van der Waals surface area contributed by atoms with Gasteiger partial charge in [0.2, 0.25) is 6.41 Å². The Morgan fingerprint density at radius 2 is 2.13 bits per heavy atom. The molecule has 1 aromatic carbocycles. The molecule has 0 atom stereocenters. The molecule has 1 aromatic heterocycles. The van der Waals surface area contributed by atoms with Gasteiger partial charge in [-0.25, -0.2) is 0 Å². The SMILES string of the molecule is O=CN(c1cc2ccccc2s1)C1CC1. The van der Waals surface area contributed by atoms with E-state index in [1.54, 1.807) is 11.3 Å². The fraction of sp³-hybridized carbons (Fsp3) is 0.250. The van der Waals surface area contributed by atoms with Crippen molar-refractivity contribution in [2.24, 2.45) is 0 Å². The number of benzene rings is 1. The molecule has 0 radical (unpaired) electrons. The van der Waals surface area contributed by atoms with Gasteiger partial charge in [0.1, 0.15) is 0 Å². The number of nitrogens with zero attached hydrogens (tertiary/aromatic N) is 1. The summed E-state index contributed by atoms with van der Waals surface area (Å²) in [5.41, 5.74) is 0. The maximum atomic E-state index is 11.0. The third-order valence-electron chi connectivity index (χ3n) is 2.72. The first kappa shape index (κ1) is 8.92. The van der Waals surface area contributed by atoms with Crippen molar-refractivity contribution in [3.63, 3.8) is 0 Å². The summed E-state index contributed by atoms with van der Waals surface area (Å²) in [4.78, 5) is 12.9. The van der Waals surface area contributed by atoms with E-state index in [0.29, 0.717) is 6.04 Å². The molecule has 0 N–H and O–H groups in total. The quantitative estimate of drug-likeness (QED) is 0.724. The van der Waals surface area contributed by atoms with Crippen molar-refractivity contribution in [2.75, 3.05) is 4.90 Å². The molecule has 1 aliphatic rings. The molecule has 3 rings (SSSR count). The zero-order valence-corrected chi connectivity index (χ0v) is 9.04. The Balaban J connectivity index is 2.06. The van der Waals surface area contributed by atoms with E-state index in [1.807, 2.05) is 17.0 Å². The van der Waals surface area contributed by atoms with Crippen molar-refractivity contribution in [1.29, 1.82) is 0 Å². The zero-order valence-electron chi connectivity index (χ0n) is 8.22. The number of hydrogen-bond donors (Lipinski definition) is 0. The minimum absolute atomic E-state index is 0.454. The number of carbonyl (C=O) groups excluding carboxylic acids is 1. The van der Waals surface area contributed by atoms with Crippen LogP contribution in [0.5, 0.6) is 0 Å². The van der Waals surface area contributed by atoms with E-state index in [2.05, 4.69) is 18.2 Å². The molecule has 1 heterocycles. The smallest absolute Gasteiger partial charge is 0.215 e. The maximum Gasteiger partial charge on any atom is 0.215 e. The standard InChI is InChI=1S/C12H11NOS/c14-8-13(10-5-6-10)12-7-9-3-1-2-4-11(9)15-12/h1-4,7-8,10H,5-6H2. The van der Waals surface area contributed by atoms with Crippen molar-refractivity contribution >= 4 is 32.8 Å².